The molecule has 9 fully saturated rings. The van der Waals surface area contributed by atoms with Gasteiger partial charge in [-0.15, -0.1) is 0 Å². The number of anilines is 3. The van der Waals surface area contributed by atoms with Crippen LogP contribution in [0.4, 0.5) is 21.5 Å². The molecule has 6 aromatic rings. The van der Waals surface area contributed by atoms with E-state index in [0.717, 1.165) is 36.3 Å². The number of carbonyl (C=O) groups is 9. The number of nitrogens with one attached hydrogen (secondary N) is 6. The Morgan fingerprint density at radius 2 is 0.825 bits per heavy atom. The van der Waals surface area contributed by atoms with Gasteiger partial charge in [0.2, 0.25) is 17.7 Å². The van der Waals surface area contributed by atoms with Crippen LogP contribution in [0.25, 0.3) is 0 Å². The summed E-state index contributed by atoms with van der Waals surface area (Å²) in [6.45, 7) is 4.67. The number of benzene rings is 3. The maximum atomic E-state index is 13.4. The standard InChI is InChI=1S/C25H28ClN5O4.C23H25ClFN5O3.C20H22ClN5O3/c26-17-3-1-2-4-18(17)31-10-9-25(23(31)34)7-5-16(6-8-25)29-21(32)19-20(28-15-27-19)22(33)30-11-24(12-30)13-35-14-24;24-16-3-1-2-4-17(16)30-10-9-23(22(30)33)7-5-15(6-8-23)28-20(31)18-19(27-13-26-18)21(32)29-11-14(25)12-29;21-13-3-1-2-4-14(13)26-10-9-20(19(26)29)7-5-12(6-8-20)25-18(28)16-15(17(22)27)23-11-24-16/h1-4,15-16H,5-14H2,(H,27,28)(H,29,32);1-4,13-15H,5-12H2,(H,26,27)(H,28,31);1-4,11-12H,5-10H2,(H2,22,27)(H,23,24)(H,25,28). The zero-order chi connectivity index (χ0) is 68.0. The highest BCUT2D eigenvalue weighted by Gasteiger charge is 2.54. The summed E-state index contributed by atoms with van der Waals surface area (Å²) < 4.78 is 18.4. The number of hydrogen-bond acceptors (Lipinski definition) is 13. The highest BCUT2D eigenvalue weighted by atomic mass is 35.5. The van der Waals surface area contributed by atoms with Crippen molar-refractivity contribution in [3.63, 3.8) is 0 Å². The number of hydrogen-bond donors (Lipinski definition) is 7. The molecule has 97 heavy (non-hydrogen) atoms. The molecule has 29 heteroatoms. The average molecular weight is 1390 g/mol. The van der Waals surface area contributed by atoms with Crippen LogP contribution < -0.4 is 36.4 Å². The maximum Gasteiger partial charge on any atom is 0.272 e. The van der Waals surface area contributed by atoms with Gasteiger partial charge in [0.1, 0.15) is 23.3 Å². The van der Waals surface area contributed by atoms with Crippen LogP contribution >= 0.6 is 34.8 Å². The smallest absolute Gasteiger partial charge is 0.272 e. The van der Waals surface area contributed by atoms with Crippen molar-refractivity contribution >= 4 is 105 Å². The predicted octanol–water partition coefficient (Wildman–Crippen LogP) is 7.84. The van der Waals surface area contributed by atoms with E-state index in [9.17, 15) is 47.5 Å². The Hall–Kier alpha value is -8.72. The first-order chi connectivity index (χ1) is 46.7. The van der Waals surface area contributed by atoms with E-state index in [1.54, 1.807) is 37.8 Å². The van der Waals surface area contributed by atoms with Gasteiger partial charge in [0.25, 0.3) is 35.4 Å². The Morgan fingerprint density at radius 3 is 1.16 bits per heavy atom. The van der Waals surface area contributed by atoms with E-state index in [4.69, 9.17) is 45.3 Å². The molecule has 3 saturated carbocycles. The highest BCUT2D eigenvalue weighted by molar-refractivity contribution is 6.35. The number of imidazole rings is 3. The number of H-pyrrole nitrogens is 3. The molecule has 510 valence electrons. The van der Waals surface area contributed by atoms with E-state index < -0.39 is 46.0 Å². The molecular formula is C68H75Cl3FN15O10. The number of carbonyl (C=O) groups excluding carboxylic acids is 9. The van der Waals surface area contributed by atoms with Crippen molar-refractivity contribution in [1.29, 1.82) is 0 Å². The second-order valence-electron chi connectivity index (χ2n) is 27.3. The van der Waals surface area contributed by atoms with Gasteiger partial charge >= 0.3 is 0 Å². The summed E-state index contributed by atoms with van der Waals surface area (Å²) in [7, 11) is 0. The first-order valence-electron chi connectivity index (χ1n) is 33.0. The van der Waals surface area contributed by atoms with Crippen molar-refractivity contribution in [2.45, 2.75) is 121 Å². The summed E-state index contributed by atoms with van der Waals surface area (Å²) in [5.41, 5.74) is 6.84. The molecule has 25 nitrogen and oxygen atoms in total. The lowest BCUT2D eigenvalue weighted by Gasteiger charge is -2.54. The Balaban J connectivity index is 0.000000132. The highest BCUT2D eigenvalue weighted by Crippen LogP contribution is 2.50. The number of nitrogens with zero attached hydrogens (tertiary/aromatic N) is 8. The minimum atomic E-state index is -1.02. The normalized spacial score (nSPS) is 25.6. The maximum absolute atomic E-state index is 13.4. The summed E-state index contributed by atoms with van der Waals surface area (Å²) >= 11 is 18.9. The van der Waals surface area contributed by atoms with Gasteiger partial charge in [-0.05, 0) is 133 Å². The van der Waals surface area contributed by atoms with Crippen molar-refractivity contribution in [1.82, 2.24) is 55.7 Å². The third-order valence-electron chi connectivity index (χ3n) is 21.3. The summed E-state index contributed by atoms with van der Waals surface area (Å²) in [6, 6.07) is 21.9. The third kappa shape index (κ3) is 13.1. The number of ether oxygens (including phenoxy) is 1. The van der Waals surface area contributed by atoms with Crippen molar-refractivity contribution in [2.24, 2.45) is 27.4 Å². The molecule has 0 unspecified atom stereocenters. The van der Waals surface area contributed by atoms with E-state index in [-0.39, 0.29) is 100 Å². The Labute approximate surface area is 572 Å². The van der Waals surface area contributed by atoms with Gasteiger partial charge in [-0.3, -0.25) is 43.2 Å². The quantitative estimate of drug-likeness (QED) is 0.0615. The van der Waals surface area contributed by atoms with Crippen LogP contribution in [0, 0.1) is 21.7 Å². The topological polar surface area (TPSA) is 327 Å². The van der Waals surface area contributed by atoms with Gasteiger partial charge in [0.15, 0.2) is 17.1 Å². The second kappa shape index (κ2) is 27.3. The number of aromatic nitrogens is 6. The Morgan fingerprint density at radius 1 is 0.485 bits per heavy atom. The van der Waals surface area contributed by atoms with Gasteiger partial charge in [-0.2, -0.15) is 0 Å². The van der Waals surface area contributed by atoms with Crippen LogP contribution in [0.15, 0.2) is 91.8 Å². The number of aromatic amines is 3. The minimum absolute atomic E-state index is 0.0180. The summed E-state index contributed by atoms with van der Waals surface area (Å²) in [5.74, 6) is -2.25. The third-order valence-corrected chi connectivity index (χ3v) is 22.3. The molecule has 3 aromatic heterocycles. The van der Waals surface area contributed by atoms with Crippen molar-refractivity contribution in [3.05, 3.63) is 141 Å². The van der Waals surface area contributed by atoms with Crippen LogP contribution in [0.2, 0.25) is 15.1 Å². The molecule has 9 heterocycles. The molecule has 15 rings (SSSR count). The monoisotopic (exact) mass is 1390 g/mol. The lowest BCUT2D eigenvalue weighted by molar-refractivity contribution is -0.176. The number of amides is 9. The fourth-order valence-electron chi connectivity index (χ4n) is 15.6. The van der Waals surface area contributed by atoms with E-state index in [1.165, 1.54) is 23.9 Å². The molecule has 9 amide bonds. The number of likely N-dealkylation sites (tertiary alicyclic amines) is 2. The van der Waals surface area contributed by atoms with Crippen molar-refractivity contribution in [2.75, 3.05) is 73.7 Å². The summed E-state index contributed by atoms with van der Waals surface area (Å²) in [5, 5.41) is 10.6. The van der Waals surface area contributed by atoms with Crippen LogP contribution in [0.3, 0.4) is 0 Å². The fraction of sp³-hybridized carbons (Fsp3) is 0.471. The van der Waals surface area contributed by atoms with E-state index in [2.05, 4.69) is 45.9 Å². The molecular weight excluding hydrogens is 1310 g/mol. The first-order valence-corrected chi connectivity index (χ1v) is 34.1. The average Bonchev–Trinajstić information content (AvgIpc) is 1.52. The molecule has 8 N–H and O–H groups in total. The molecule has 3 aliphatic carbocycles. The van der Waals surface area contributed by atoms with E-state index in [0.29, 0.717) is 138 Å². The molecule has 0 radical (unpaired) electrons. The molecule has 0 bridgehead atoms. The zero-order valence-corrected chi connectivity index (χ0v) is 55.5. The number of nitrogens with two attached hydrogens (primary N) is 1. The van der Waals surface area contributed by atoms with Gasteiger partial charge in [0, 0.05) is 50.8 Å². The van der Waals surface area contributed by atoms with Crippen molar-refractivity contribution in [3.8, 4) is 0 Å². The van der Waals surface area contributed by atoms with Gasteiger partial charge in [0.05, 0.1) is 99.1 Å². The Bertz CT molecular complexity index is 4040. The van der Waals surface area contributed by atoms with Crippen LogP contribution in [-0.2, 0) is 19.1 Å². The predicted molar refractivity (Wildman–Crippen MR) is 356 cm³/mol. The number of primary amides is 1. The van der Waals surface area contributed by atoms with Crippen LogP contribution in [0.5, 0.6) is 0 Å². The molecule has 0 atom stereocenters. The van der Waals surface area contributed by atoms with Crippen LogP contribution in [-0.4, -0.2) is 176 Å². The number of para-hydroxylation sites is 3. The number of alkyl halides is 1. The molecule has 9 aliphatic rings. The number of halogens is 4. The van der Waals surface area contributed by atoms with Crippen molar-refractivity contribution < 1.29 is 52.3 Å². The Kier molecular flexibility index (Phi) is 18.8. The lowest BCUT2D eigenvalue weighted by atomic mass is 9.71. The fourth-order valence-corrected chi connectivity index (χ4v) is 16.3. The summed E-state index contributed by atoms with van der Waals surface area (Å²) in [6.07, 6.45) is 13.6. The van der Waals surface area contributed by atoms with E-state index >= 15 is 0 Å². The summed E-state index contributed by atoms with van der Waals surface area (Å²) in [4.78, 5) is 143. The van der Waals surface area contributed by atoms with Gasteiger partial charge < -0.3 is 65.9 Å². The molecule has 4 spiro atoms. The van der Waals surface area contributed by atoms with Crippen LogP contribution in [0.1, 0.15) is 159 Å². The SMILES string of the molecule is NC(=O)c1nc[nH]c1C(=O)NC1CCC2(CC1)CCN(c1ccccc1Cl)C2=O.O=C(NC1CCC2(CC1)CCN(c1ccccc1Cl)C2=O)c1nc[nH]c1C(=O)N1CC(F)C1.O=C(NC1CCC2(CC1)CCN(c1ccccc1Cl)C2=O)c1nc[nH]c1C(=O)N1CC2(COC2)C1. The van der Waals surface area contributed by atoms with Gasteiger partial charge in [-0.1, -0.05) is 71.2 Å². The minimum Gasteiger partial charge on any atom is -0.380 e. The molecule has 3 aromatic carbocycles. The molecule has 6 saturated heterocycles. The number of rotatable bonds is 12. The largest absolute Gasteiger partial charge is 0.380 e. The van der Waals surface area contributed by atoms with Gasteiger partial charge in [-0.25, -0.2) is 19.3 Å². The second-order valence-corrected chi connectivity index (χ2v) is 28.5. The molecule has 6 aliphatic heterocycles. The lowest BCUT2D eigenvalue weighted by Crippen LogP contribution is -2.67. The van der Waals surface area contributed by atoms with E-state index in [1.807, 2.05) is 54.6 Å². The first kappa shape index (κ1) is 66.9. The zero-order valence-electron chi connectivity index (χ0n) is 53.2.